The third kappa shape index (κ3) is 4.26. The summed E-state index contributed by atoms with van der Waals surface area (Å²) in [6, 6.07) is 11.2. The molecule has 0 fully saturated rings. The van der Waals surface area contributed by atoms with Gasteiger partial charge >= 0.3 is 6.18 Å². The molecule has 1 aliphatic heterocycles. The Bertz CT molecular complexity index is 1020. The second kappa shape index (κ2) is 7.62. The van der Waals surface area contributed by atoms with Gasteiger partial charge in [0, 0.05) is 23.6 Å². The number of anilines is 1. The van der Waals surface area contributed by atoms with Gasteiger partial charge in [-0.25, -0.2) is 4.98 Å². The number of hydrogen-bond donors (Lipinski definition) is 1. The Kier molecular flexibility index (Phi) is 5.00. The number of benzene rings is 2. The molecule has 150 valence electrons. The highest BCUT2D eigenvalue weighted by atomic mass is 19.4. The Labute approximate surface area is 164 Å². The summed E-state index contributed by atoms with van der Waals surface area (Å²) in [5, 5.41) is 2.56. The molecular formula is C21H17F3N2O3. The lowest BCUT2D eigenvalue weighted by molar-refractivity contribution is -0.137. The summed E-state index contributed by atoms with van der Waals surface area (Å²) in [6.45, 7) is 0.392. The number of rotatable bonds is 4. The normalized spacial score (nSPS) is 16.0. The number of carbonyl (C=O) groups excluding carboxylic acids is 1. The van der Waals surface area contributed by atoms with Crippen LogP contribution < -0.4 is 10.1 Å². The van der Waals surface area contributed by atoms with Gasteiger partial charge in [0.15, 0.2) is 12.2 Å². The van der Waals surface area contributed by atoms with E-state index in [1.807, 2.05) is 24.3 Å². The molecule has 29 heavy (non-hydrogen) atoms. The van der Waals surface area contributed by atoms with Gasteiger partial charge in [-0.15, -0.1) is 0 Å². The van der Waals surface area contributed by atoms with Gasteiger partial charge in [-0.3, -0.25) is 4.79 Å². The van der Waals surface area contributed by atoms with Gasteiger partial charge in [-0.05, 0) is 36.2 Å². The summed E-state index contributed by atoms with van der Waals surface area (Å²) < 4.78 is 51.1. The average molecular weight is 402 g/mol. The first-order chi connectivity index (χ1) is 13.9. The molecule has 0 bridgehead atoms. The third-order valence-corrected chi connectivity index (χ3v) is 4.74. The second-order valence-electron chi connectivity index (χ2n) is 6.86. The van der Waals surface area contributed by atoms with Crippen molar-refractivity contribution in [2.75, 3.05) is 11.9 Å². The molecule has 2 heterocycles. The largest absolute Gasteiger partial charge is 0.493 e. The smallest absolute Gasteiger partial charge is 0.417 e. The van der Waals surface area contributed by atoms with Gasteiger partial charge in [0.2, 0.25) is 5.91 Å². The number of nitrogens with one attached hydrogen (secondary N) is 1. The van der Waals surface area contributed by atoms with Crippen molar-refractivity contribution in [3.05, 3.63) is 66.2 Å². The SMILES string of the molecule is O=C(CC1COc2ccccc2C1)Nc1ccc(-c2cnco2)c(C(F)(F)F)c1. The summed E-state index contributed by atoms with van der Waals surface area (Å²) in [7, 11) is 0. The van der Waals surface area contributed by atoms with Crippen molar-refractivity contribution in [2.45, 2.75) is 19.0 Å². The number of oxazole rings is 1. The Morgan fingerprint density at radius 1 is 1.21 bits per heavy atom. The zero-order valence-corrected chi connectivity index (χ0v) is 15.2. The van der Waals surface area contributed by atoms with Crippen molar-refractivity contribution in [1.82, 2.24) is 4.98 Å². The number of amides is 1. The minimum Gasteiger partial charge on any atom is -0.493 e. The number of fused-ring (bicyclic) bond motifs is 1. The van der Waals surface area contributed by atoms with E-state index in [4.69, 9.17) is 9.15 Å². The fourth-order valence-electron chi connectivity index (χ4n) is 3.42. The van der Waals surface area contributed by atoms with Gasteiger partial charge in [0.1, 0.15) is 5.75 Å². The molecule has 1 aliphatic rings. The first kappa shape index (κ1) is 19.0. The molecule has 0 aliphatic carbocycles. The average Bonchev–Trinajstić information content (AvgIpc) is 3.22. The topological polar surface area (TPSA) is 64.4 Å². The van der Waals surface area contributed by atoms with E-state index >= 15 is 0 Å². The van der Waals surface area contributed by atoms with Gasteiger partial charge in [-0.1, -0.05) is 18.2 Å². The minimum absolute atomic E-state index is 0.00761. The fourth-order valence-corrected chi connectivity index (χ4v) is 3.42. The van der Waals surface area contributed by atoms with Crippen molar-refractivity contribution in [1.29, 1.82) is 0 Å². The van der Waals surface area contributed by atoms with Crippen LogP contribution in [0.5, 0.6) is 5.75 Å². The first-order valence-electron chi connectivity index (χ1n) is 9.01. The highest BCUT2D eigenvalue weighted by molar-refractivity contribution is 5.91. The molecular weight excluding hydrogens is 385 g/mol. The van der Waals surface area contributed by atoms with Crippen LogP contribution in [0.1, 0.15) is 17.5 Å². The Balaban J connectivity index is 1.47. The second-order valence-corrected chi connectivity index (χ2v) is 6.86. The van der Waals surface area contributed by atoms with Crippen LogP contribution in [-0.2, 0) is 17.4 Å². The Morgan fingerprint density at radius 2 is 2.03 bits per heavy atom. The number of nitrogens with zero attached hydrogens (tertiary/aromatic N) is 1. The summed E-state index contributed by atoms with van der Waals surface area (Å²) in [4.78, 5) is 16.0. The molecule has 8 heteroatoms. The van der Waals surface area contributed by atoms with Crippen molar-refractivity contribution in [3.63, 3.8) is 0 Å². The highest BCUT2D eigenvalue weighted by Crippen LogP contribution is 2.38. The van der Waals surface area contributed by atoms with Crippen LogP contribution in [0.25, 0.3) is 11.3 Å². The number of halogens is 3. The summed E-state index contributed by atoms with van der Waals surface area (Å²) >= 11 is 0. The van der Waals surface area contributed by atoms with Gasteiger partial charge in [0.25, 0.3) is 0 Å². The molecule has 2 aromatic carbocycles. The maximum absolute atomic E-state index is 13.5. The van der Waals surface area contributed by atoms with Gasteiger partial charge in [0.05, 0.1) is 18.4 Å². The lowest BCUT2D eigenvalue weighted by atomic mass is 9.94. The molecule has 0 radical (unpaired) electrons. The van der Waals surface area contributed by atoms with E-state index < -0.39 is 11.7 Å². The molecule has 1 unspecified atom stereocenters. The predicted octanol–water partition coefficient (Wildman–Crippen LogP) is 4.94. The maximum Gasteiger partial charge on any atom is 0.417 e. The van der Waals surface area contributed by atoms with Crippen LogP contribution in [0.4, 0.5) is 18.9 Å². The summed E-state index contributed by atoms with van der Waals surface area (Å²) in [6.07, 6.45) is -1.50. The van der Waals surface area contributed by atoms with E-state index in [2.05, 4.69) is 10.3 Å². The molecule has 1 aromatic heterocycles. The number of aromatic nitrogens is 1. The number of hydrogen-bond acceptors (Lipinski definition) is 4. The fraction of sp³-hybridized carbons (Fsp3) is 0.238. The van der Waals surface area contributed by atoms with E-state index in [1.165, 1.54) is 18.3 Å². The van der Waals surface area contributed by atoms with Crippen molar-refractivity contribution < 1.29 is 27.1 Å². The van der Waals surface area contributed by atoms with Crippen LogP contribution in [0.2, 0.25) is 0 Å². The maximum atomic E-state index is 13.5. The van der Waals surface area contributed by atoms with Gasteiger partial charge < -0.3 is 14.5 Å². The van der Waals surface area contributed by atoms with E-state index in [0.717, 1.165) is 23.8 Å². The molecule has 1 N–H and O–H groups in total. The zero-order valence-electron chi connectivity index (χ0n) is 15.2. The Hall–Kier alpha value is -3.29. The number of para-hydroxylation sites is 1. The molecule has 3 aromatic rings. The van der Waals surface area contributed by atoms with E-state index in [-0.39, 0.29) is 35.3 Å². The monoisotopic (exact) mass is 402 g/mol. The van der Waals surface area contributed by atoms with Crippen molar-refractivity contribution >= 4 is 11.6 Å². The highest BCUT2D eigenvalue weighted by Gasteiger charge is 2.35. The summed E-state index contributed by atoms with van der Waals surface area (Å²) in [5.41, 5.74) is 0.0577. The lowest BCUT2D eigenvalue weighted by Crippen LogP contribution is -2.26. The molecule has 4 rings (SSSR count). The third-order valence-electron chi connectivity index (χ3n) is 4.74. The molecule has 0 spiro atoms. The zero-order chi connectivity index (χ0) is 20.4. The van der Waals surface area contributed by atoms with Crippen LogP contribution >= 0.6 is 0 Å². The van der Waals surface area contributed by atoms with Crippen LogP contribution in [0.3, 0.4) is 0 Å². The standard InChI is InChI=1S/C21H17F3N2O3/c22-21(23,24)17-9-15(5-6-16(17)19-10-25-12-29-19)26-20(27)8-13-7-14-3-1-2-4-18(14)28-11-13/h1-6,9-10,12-13H,7-8,11H2,(H,26,27). The van der Waals surface area contributed by atoms with Gasteiger partial charge in [-0.2, -0.15) is 13.2 Å². The van der Waals surface area contributed by atoms with E-state index in [9.17, 15) is 18.0 Å². The van der Waals surface area contributed by atoms with E-state index in [1.54, 1.807) is 0 Å². The number of carbonyl (C=O) groups is 1. The number of ether oxygens (including phenoxy) is 1. The first-order valence-corrected chi connectivity index (χ1v) is 9.01. The summed E-state index contributed by atoms with van der Waals surface area (Å²) in [5.74, 6) is 0.411. The van der Waals surface area contributed by atoms with Crippen molar-refractivity contribution in [2.24, 2.45) is 5.92 Å². The molecule has 0 saturated heterocycles. The van der Waals surface area contributed by atoms with Crippen LogP contribution in [0.15, 0.2) is 59.5 Å². The molecule has 0 saturated carbocycles. The van der Waals surface area contributed by atoms with Crippen LogP contribution in [0, 0.1) is 5.92 Å². The number of alkyl halides is 3. The quantitative estimate of drug-likeness (QED) is 0.671. The molecule has 1 amide bonds. The Morgan fingerprint density at radius 3 is 2.79 bits per heavy atom. The van der Waals surface area contributed by atoms with Crippen molar-refractivity contribution in [3.8, 4) is 17.1 Å². The van der Waals surface area contributed by atoms with E-state index in [0.29, 0.717) is 13.0 Å². The predicted molar refractivity (Wildman–Crippen MR) is 99.3 cm³/mol. The molecule has 5 nitrogen and oxygen atoms in total. The lowest BCUT2D eigenvalue weighted by Gasteiger charge is -2.24. The minimum atomic E-state index is -4.61. The van der Waals surface area contributed by atoms with Crippen LogP contribution in [-0.4, -0.2) is 17.5 Å². The molecule has 1 atom stereocenters.